The molecule has 0 spiro atoms. The molecule has 0 radical (unpaired) electrons. The van der Waals surface area contributed by atoms with Gasteiger partial charge in [-0.1, -0.05) is 37.3 Å². The highest BCUT2D eigenvalue weighted by Crippen LogP contribution is 2.29. The lowest BCUT2D eigenvalue weighted by Gasteiger charge is -2.12. The number of aryl methyl sites for hydroxylation is 1. The first-order valence-electron chi connectivity index (χ1n) is 6.87. The fraction of sp³-hybridized carbons (Fsp3) is 0.235. The first-order chi connectivity index (χ1) is 10.1. The van der Waals surface area contributed by atoms with Crippen molar-refractivity contribution in [2.45, 2.75) is 20.0 Å². The van der Waals surface area contributed by atoms with E-state index in [1.807, 2.05) is 42.5 Å². The standard InChI is InChI=1S/C17H20N2O2/c1-3-12-6-9-15(16(10-12)20-2)21-11-13-4-7-14(8-5-13)17(18)19/h4-10H,3,11H2,1-2H3,(H3,18,19). The second-order valence-corrected chi connectivity index (χ2v) is 4.74. The minimum absolute atomic E-state index is 0.0688. The molecule has 0 bridgehead atoms. The third-order valence-electron chi connectivity index (χ3n) is 3.30. The normalized spacial score (nSPS) is 10.2. The molecule has 0 atom stereocenters. The number of ether oxygens (including phenoxy) is 2. The maximum Gasteiger partial charge on any atom is 0.161 e. The second-order valence-electron chi connectivity index (χ2n) is 4.74. The number of nitrogens with two attached hydrogens (primary N) is 1. The molecule has 0 aliphatic heterocycles. The molecular formula is C17H20N2O2. The molecule has 0 fully saturated rings. The van der Waals surface area contributed by atoms with Crippen molar-refractivity contribution in [2.75, 3.05) is 7.11 Å². The first-order valence-corrected chi connectivity index (χ1v) is 6.87. The molecule has 110 valence electrons. The first kappa shape index (κ1) is 14.9. The molecule has 0 saturated carbocycles. The van der Waals surface area contributed by atoms with Crippen molar-refractivity contribution in [3.05, 3.63) is 59.2 Å². The van der Waals surface area contributed by atoms with Crippen LogP contribution in [0.2, 0.25) is 0 Å². The molecule has 2 rings (SSSR count). The van der Waals surface area contributed by atoms with Gasteiger partial charge in [-0.25, -0.2) is 0 Å². The van der Waals surface area contributed by atoms with Crippen LogP contribution in [-0.4, -0.2) is 12.9 Å². The Labute approximate surface area is 125 Å². The summed E-state index contributed by atoms with van der Waals surface area (Å²) in [5.74, 6) is 1.54. The highest BCUT2D eigenvalue weighted by atomic mass is 16.5. The lowest BCUT2D eigenvalue weighted by atomic mass is 10.1. The number of nitrogens with one attached hydrogen (secondary N) is 1. The minimum Gasteiger partial charge on any atom is -0.493 e. The van der Waals surface area contributed by atoms with Gasteiger partial charge in [-0.15, -0.1) is 0 Å². The Balaban J connectivity index is 2.07. The van der Waals surface area contributed by atoms with E-state index in [1.54, 1.807) is 7.11 Å². The number of nitrogen functional groups attached to an aromatic ring is 1. The Morgan fingerprint density at radius 2 is 1.71 bits per heavy atom. The summed E-state index contributed by atoms with van der Waals surface area (Å²) in [4.78, 5) is 0. The molecule has 0 amide bonds. The average molecular weight is 284 g/mol. The number of rotatable bonds is 6. The van der Waals surface area contributed by atoms with Crippen molar-refractivity contribution < 1.29 is 9.47 Å². The fourth-order valence-electron chi connectivity index (χ4n) is 1.99. The number of amidine groups is 1. The van der Waals surface area contributed by atoms with E-state index in [1.165, 1.54) is 5.56 Å². The van der Waals surface area contributed by atoms with E-state index in [4.69, 9.17) is 20.6 Å². The van der Waals surface area contributed by atoms with Crippen LogP contribution in [-0.2, 0) is 13.0 Å². The van der Waals surface area contributed by atoms with Crippen LogP contribution in [0.1, 0.15) is 23.6 Å². The summed E-state index contributed by atoms with van der Waals surface area (Å²) in [5, 5.41) is 7.36. The minimum atomic E-state index is 0.0688. The quantitative estimate of drug-likeness (QED) is 0.632. The zero-order chi connectivity index (χ0) is 15.2. The van der Waals surface area contributed by atoms with E-state index in [-0.39, 0.29) is 5.84 Å². The molecule has 0 heterocycles. The predicted octanol–water partition coefficient (Wildman–Crippen LogP) is 3.12. The Kier molecular flexibility index (Phi) is 4.82. The topological polar surface area (TPSA) is 68.3 Å². The Bertz CT molecular complexity index is 621. The molecule has 2 aromatic rings. The molecule has 3 N–H and O–H groups in total. The molecule has 0 unspecified atom stereocenters. The van der Waals surface area contributed by atoms with Gasteiger partial charge in [0.05, 0.1) is 7.11 Å². The smallest absolute Gasteiger partial charge is 0.161 e. The largest absolute Gasteiger partial charge is 0.493 e. The van der Waals surface area contributed by atoms with Crippen LogP contribution < -0.4 is 15.2 Å². The van der Waals surface area contributed by atoms with Crippen LogP contribution in [0.3, 0.4) is 0 Å². The molecule has 0 saturated heterocycles. The second kappa shape index (κ2) is 6.79. The Morgan fingerprint density at radius 3 is 2.29 bits per heavy atom. The highest BCUT2D eigenvalue weighted by molar-refractivity contribution is 5.94. The molecule has 2 aromatic carbocycles. The van der Waals surface area contributed by atoms with Gasteiger partial charge in [-0.2, -0.15) is 0 Å². The Hall–Kier alpha value is -2.49. The number of methoxy groups -OCH3 is 1. The van der Waals surface area contributed by atoms with Crippen LogP contribution >= 0.6 is 0 Å². The summed E-state index contributed by atoms with van der Waals surface area (Å²) >= 11 is 0. The highest BCUT2D eigenvalue weighted by Gasteiger charge is 2.06. The van der Waals surface area contributed by atoms with Gasteiger partial charge in [-0.05, 0) is 29.7 Å². The van der Waals surface area contributed by atoms with E-state index in [0.717, 1.165) is 23.5 Å². The zero-order valence-corrected chi connectivity index (χ0v) is 12.3. The summed E-state index contributed by atoms with van der Waals surface area (Å²) in [7, 11) is 1.64. The summed E-state index contributed by atoms with van der Waals surface area (Å²) in [6.45, 7) is 2.55. The molecule has 4 nitrogen and oxygen atoms in total. The van der Waals surface area contributed by atoms with Crippen molar-refractivity contribution in [3.8, 4) is 11.5 Å². The monoisotopic (exact) mass is 284 g/mol. The number of benzene rings is 2. The maximum atomic E-state index is 7.36. The van der Waals surface area contributed by atoms with E-state index in [2.05, 4.69) is 6.92 Å². The van der Waals surface area contributed by atoms with Crippen LogP contribution in [0.25, 0.3) is 0 Å². The van der Waals surface area contributed by atoms with Crippen molar-refractivity contribution in [1.82, 2.24) is 0 Å². The lowest BCUT2D eigenvalue weighted by molar-refractivity contribution is 0.284. The van der Waals surface area contributed by atoms with Gasteiger partial charge in [0.25, 0.3) is 0 Å². The number of hydrogen-bond acceptors (Lipinski definition) is 3. The predicted molar refractivity (Wildman–Crippen MR) is 84.2 cm³/mol. The van der Waals surface area contributed by atoms with Crippen LogP contribution in [0.5, 0.6) is 11.5 Å². The van der Waals surface area contributed by atoms with Gasteiger partial charge in [0.1, 0.15) is 12.4 Å². The SMILES string of the molecule is CCc1ccc(OCc2ccc(C(=N)N)cc2)c(OC)c1. The van der Waals surface area contributed by atoms with Gasteiger partial charge in [0.2, 0.25) is 0 Å². The molecule has 0 aliphatic rings. The average Bonchev–Trinajstić information content (AvgIpc) is 2.53. The van der Waals surface area contributed by atoms with E-state index < -0.39 is 0 Å². The van der Waals surface area contributed by atoms with Gasteiger partial charge in [0.15, 0.2) is 11.5 Å². The summed E-state index contributed by atoms with van der Waals surface area (Å²) in [6.07, 6.45) is 0.961. The number of hydrogen-bond donors (Lipinski definition) is 2. The van der Waals surface area contributed by atoms with Gasteiger partial charge < -0.3 is 15.2 Å². The maximum absolute atomic E-state index is 7.36. The zero-order valence-electron chi connectivity index (χ0n) is 12.3. The summed E-state index contributed by atoms with van der Waals surface area (Å²) in [5.41, 5.74) is 8.37. The van der Waals surface area contributed by atoms with Gasteiger partial charge in [0, 0.05) is 5.56 Å². The molecule has 0 aromatic heterocycles. The fourth-order valence-corrected chi connectivity index (χ4v) is 1.99. The Morgan fingerprint density at radius 1 is 1.05 bits per heavy atom. The van der Waals surface area contributed by atoms with Crippen LogP contribution in [0, 0.1) is 5.41 Å². The van der Waals surface area contributed by atoms with Crippen molar-refractivity contribution in [1.29, 1.82) is 5.41 Å². The van der Waals surface area contributed by atoms with Crippen molar-refractivity contribution >= 4 is 5.84 Å². The third kappa shape index (κ3) is 3.75. The van der Waals surface area contributed by atoms with E-state index in [9.17, 15) is 0 Å². The summed E-state index contributed by atoms with van der Waals surface area (Å²) < 4.78 is 11.2. The van der Waals surface area contributed by atoms with E-state index in [0.29, 0.717) is 12.2 Å². The lowest BCUT2D eigenvalue weighted by Crippen LogP contribution is -2.10. The molecular weight excluding hydrogens is 264 g/mol. The summed E-state index contributed by atoms with van der Waals surface area (Å²) in [6, 6.07) is 13.4. The van der Waals surface area contributed by atoms with Crippen LogP contribution in [0.15, 0.2) is 42.5 Å². The van der Waals surface area contributed by atoms with Crippen LogP contribution in [0.4, 0.5) is 0 Å². The van der Waals surface area contributed by atoms with Gasteiger partial charge in [-0.3, -0.25) is 5.41 Å². The van der Waals surface area contributed by atoms with Crippen molar-refractivity contribution in [3.63, 3.8) is 0 Å². The van der Waals surface area contributed by atoms with E-state index >= 15 is 0 Å². The third-order valence-corrected chi connectivity index (χ3v) is 3.30. The molecule has 21 heavy (non-hydrogen) atoms. The molecule has 0 aliphatic carbocycles. The molecule has 4 heteroatoms. The van der Waals surface area contributed by atoms with Crippen molar-refractivity contribution in [2.24, 2.45) is 5.73 Å². The van der Waals surface area contributed by atoms with Gasteiger partial charge >= 0.3 is 0 Å².